The van der Waals surface area contributed by atoms with E-state index in [4.69, 9.17) is 9.47 Å². The maximum Gasteiger partial charge on any atom is 0.164 e. The average molecular weight is 311 g/mol. The molecule has 0 heterocycles. The minimum Gasteiger partial charge on any atom is -0.493 e. The van der Waals surface area contributed by atoms with Crippen LogP contribution in [0.3, 0.4) is 0 Å². The van der Waals surface area contributed by atoms with E-state index in [1.807, 2.05) is 31.2 Å². The van der Waals surface area contributed by atoms with Crippen LogP contribution in [0.4, 0.5) is 5.69 Å². The van der Waals surface area contributed by atoms with Gasteiger partial charge in [-0.05, 0) is 49.6 Å². The van der Waals surface area contributed by atoms with E-state index in [0.717, 1.165) is 41.3 Å². The van der Waals surface area contributed by atoms with Crippen LogP contribution in [-0.4, -0.2) is 13.7 Å². The molecule has 3 heteroatoms. The van der Waals surface area contributed by atoms with Gasteiger partial charge in [-0.1, -0.05) is 24.3 Å². The Hall–Kier alpha value is -2.42. The molecule has 23 heavy (non-hydrogen) atoms. The molecule has 2 rings (SSSR count). The number of aryl methyl sites for hydroxylation is 1. The second kappa shape index (κ2) is 8.28. The zero-order valence-corrected chi connectivity index (χ0v) is 14.2. The fraction of sp³-hybridized carbons (Fsp3) is 0.300. The number of para-hydroxylation sites is 1. The van der Waals surface area contributed by atoms with E-state index >= 15 is 0 Å². The highest BCUT2D eigenvalue weighted by molar-refractivity contribution is 5.53. The van der Waals surface area contributed by atoms with E-state index < -0.39 is 0 Å². The highest BCUT2D eigenvalue weighted by Gasteiger charge is 2.12. The van der Waals surface area contributed by atoms with E-state index in [-0.39, 0.29) is 0 Å². The summed E-state index contributed by atoms with van der Waals surface area (Å²) < 4.78 is 11.3. The zero-order valence-electron chi connectivity index (χ0n) is 14.2. The van der Waals surface area contributed by atoms with E-state index in [2.05, 4.69) is 37.0 Å². The van der Waals surface area contributed by atoms with Crippen molar-refractivity contribution in [3.63, 3.8) is 0 Å². The Morgan fingerprint density at radius 3 is 2.65 bits per heavy atom. The van der Waals surface area contributed by atoms with Crippen LogP contribution < -0.4 is 14.8 Å². The van der Waals surface area contributed by atoms with E-state index in [0.29, 0.717) is 6.61 Å². The zero-order chi connectivity index (χ0) is 16.7. The number of methoxy groups -OCH3 is 1. The molecule has 0 fully saturated rings. The van der Waals surface area contributed by atoms with Crippen LogP contribution in [0.15, 0.2) is 49.1 Å². The van der Waals surface area contributed by atoms with Crippen molar-refractivity contribution < 1.29 is 9.47 Å². The first-order valence-electron chi connectivity index (χ1n) is 7.92. The molecule has 3 nitrogen and oxygen atoms in total. The minimum absolute atomic E-state index is 0.610. The summed E-state index contributed by atoms with van der Waals surface area (Å²) in [5, 5.41) is 3.48. The number of allylic oxidation sites excluding steroid dienone is 1. The van der Waals surface area contributed by atoms with Gasteiger partial charge in [-0.3, -0.25) is 0 Å². The van der Waals surface area contributed by atoms with Crippen molar-refractivity contribution in [1.29, 1.82) is 0 Å². The molecule has 0 aliphatic carbocycles. The lowest BCUT2D eigenvalue weighted by atomic mass is 10.1. The molecular weight excluding hydrogens is 286 g/mol. The largest absolute Gasteiger partial charge is 0.493 e. The van der Waals surface area contributed by atoms with Gasteiger partial charge in [-0.2, -0.15) is 0 Å². The second-order valence-electron chi connectivity index (χ2n) is 5.38. The Balaban J connectivity index is 2.27. The third-order valence-electron chi connectivity index (χ3n) is 3.69. The van der Waals surface area contributed by atoms with Crippen molar-refractivity contribution in [3.8, 4) is 11.5 Å². The Morgan fingerprint density at radius 1 is 1.22 bits per heavy atom. The third-order valence-corrected chi connectivity index (χ3v) is 3.69. The quantitative estimate of drug-likeness (QED) is 0.714. The molecule has 0 aliphatic heterocycles. The second-order valence-corrected chi connectivity index (χ2v) is 5.38. The maximum absolute atomic E-state index is 5.74. The van der Waals surface area contributed by atoms with Gasteiger partial charge in [0.25, 0.3) is 0 Å². The number of ether oxygens (including phenoxy) is 2. The first kappa shape index (κ1) is 16.9. The maximum atomic E-state index is 5.74. The van der Waals surface area contributed by atoms with Crippen LogP contribution in [0, 0.1) is 6.92 Å². The van der Waals surface area contributed by atoms with Crippen molar-refractivity contribution in [2.45, 2.75) is 26.8 Å². The fourth-order valence-corrected chi connectivity index (χ4v) is 2.60. The van der Waals surface area contributed by atoms with Gasteiger partial charge in [-0.15, -0.1) is 6.58 Å². The summed E-state index contributed by atoms with van der Waals surface area (Å²) in [6, 6.07) is 12.5. The van der Waals surface area contributed by atoms with E-state index in [1.54, 1.807) is 7.11 Å². The summed E-state index contributed by atoms with van der Waals surface area (Å²) in [5.41, 5.74) is 4.63. The molecule has 0 spiro atoms. The van der Waals surface area contributed by atoms with E-state index in [1.165, 1.54) is 5.56 Å². The van der Waals surface area contributed by atoms with Crippen LogP contribution in [0.5, 0.6) is 11.5 Å². The minimum atomic E-state index is 0.610. The van der Waals surface area contributed by atoms with Crippen molar-refractivity contribution in [2.24, 2.45) is 0 Å². The molecule has 2 aromatic rings. The molecule has 0 aromatic heterocycles. The van der Waals surface area contributed by atoms with Gasteiger partial charge in [0.15, 0.2) is 11.5 Å². The molecule has 0 unspecified atom stereocenters. The van der Waals surface area contributed by atoms with Gasteiger partial charge in [0.2, 0.25) is 0 Å². The molecule has 0 saturated heterocycles. The molecule has 0 saturated carbocycles. The summed E-state index contributed by atoms with van der Waals surface area (Å²) in [7, 11) is 1.68. The van der Waals surface area contributed by atoms with Gasteiger partial charge >= 0.3 is 0 Å². The number of hydrogen-bond acceptors (Lipinski definition) is 3. The molecule has 0 bridgehead atoms. The third kappa shape index (κ3) is 4.28. The average Bonchev–Trinajstić information content (AvgIpc) is 2.55. The first-order chi connectivity index (χ1) is 11.2. The first-order valence-corrected chi connectivity index (χ1v) is 7.92. The van der Waals surface area contributed by atoms with Crippen LogP contribution >= 0.6 is 0 Å². The van der Waals surface area contributed by atoms with Gasteiger partial charge in [0.05, 0.1) is 13.7 Å². The van der Waals surface area contributed by atoms with Crippen molar-refractivity contribution >= 4 is 5.69 Å². The van der Waals surface area contributed by atoms with Crippen LogP contribution in [0.25, 0.3) is 0 Å². The number of hydrogen-bond donors (Lipinski definition) is 1. The summed E-state index contributed by atoms with van der Waals surface area (Å²) in [5.74, 6) is 1.59. The number of anilines is 1. The fourth-order valence-electron chi connectivity index (χ4n) is 2.60. The summed E-state index contributed by atoms with van der Waals surface area (Å²) >= 11 is 0. The lowest BCUT2D eigenvalue weighted by molar-refractivity contribution is 0.309. The summed E-state index contributed by atoms with van der Waals surface area (Å²) in [6.07, 6.45) is 2.63. The predicted octanol–water partition coefficient (Wildman–Crippen LogP) is 4.74. The predicted molar refractivity (Wildman–Crippen MR) is 96.6 cm³/mol. The number of nitrogens with one attached hydrogen (secondary N) is 1. The van der Waals surface area contributed by atoms with Crippen LogP contribution in [0.1, 0.15) is 23.6 Å². The molecule has 2 aromatic carbocycles. The lowest BCUT2D eigenvalue weighted by Crippen LogP contribution is -2.05. The van der Waals surface area contributed by atoms with Gasteiger partial charge in [-0.25, -0.2) is 0 Å². The molecule has 1 N–H and O–H groups in total. The lowest BCUT2D eigenvalue weighted by Gasteiger charge is -2.16. The molecule has 122 valence electrons. The van der Waals surface area contributed by atoms with Crippen LogP contribution in [0.2, 0.25) is 0 Å². The van der Waals surface area contributed by atoms with Gasteiger partial charge in [0.1, 0.15) is 0 Å². The van der Waals surface area contributed by atoms with Crippen molar-refractivity contribution in [3.05, 3.63) is 65.7 Å². The Labute approximate surface area is 138 Å². The topological polar surface area (TPSA) is 30.5 Å². The van der Waals surface area contributed by atoms with Crippen molar-refractivity contribution in [1.82, 2.24) is 0 Å². The summed E-state index contributed by atoms with van der Waals surface area (Å²) in [4.78, 5) is 0. The SMILES string of the molecule is C=CCc1cc(CNc2ccccc2C)cc(OCC)c1OC. The monoisotopic (exact) mass is 311 g/mol. The number of rotatable bonds is 8. The van der Waals surface area contributed by atoms with E-state index in [9.17, 15) is 0 Å². The number of benzene rings is 2. The molecular formula is C20H25NO2. The normalized spacial score (nSPS) is 10.2. The Kier molecular flexibility index (Phi) is 6.10. The Bertz CT molecular complexity index is 665. The van der Waals surface area contributed by atoms with Crippen molar-refractivity contribution in [2.75, 3.05) is 19.0 Å². The highest BCUT2D eigenvalue weighted by atomic mass is 16.5. The molecule has 0 aliphatic rings. The Morgan fingerprint density at radius 2 is 2.00 bits per heavy atom. The summed E-state index contributed by atoms with van der Waals surface area (Å²) in [6.45, 7) is 9.25. The standard InChI is InChI=1S/C20H25NO2/c1-5-9-17-12-16(13-19(23-6-2)20(17)22-4)14-21-18-11-8-7-10-15(18)3/h5,7-8,10-13,21H,1,6,9,14H2,2-4H3. The smallest absolute Gasteiger partial charge is 0.164 e. The molecule has 0 amide bonds. The highest BCUT2D eigenvalue weighted by Crippen LogP contribution is 2.33. The van der Waals surface area contributed by atoms with Gasteiger partial charge < -0.3 is 14.8 Å². The van der Waals surface area contributed by atoms with Crippen LogP contribution in [-0.2, 0) is 13.0 Å². The molecule has 0 radical (unpaired) electrons. The van der Waals surface area contributed by atoms with Gasteiger partial charge in [0, 0.05) is 17.8 Å². The molecule has 0 atom stereocenters.